The van der Waals surface area contributed by atoms with Gasteiger partial charge in [0.2, 0.25) is 0 Å². The lowest BCUT2D eigenvalue weighted by molar-refractivity contribution is -0.126. The van der Waals surface area contributed by atoms with E-state index >= 15 is 0 Å². The fourth-order valence-corrected chi connectivity index (χ4v) is 2.27. The molecule has 1 heterocycles. The molecule has 1 aliphatic rings. The molecule has 0 bridgehead atoms. The third kappa shape index (κ3) is 4.50. The number of rotatable bonds is 7. The first-order valence-corrected chi connectivity index (χ1v) is 7.71. The second-order valence-electron chi connectivity index (χ2n) is 5.47. The van der Waals surface area contributed by atoms with Crippen LogP contribution in [0.1, 0.15) is 16.8 Å². The first-order valence-electron chi connectivity index (χ1n) is 7.71. The minimum absolute atomic E-state index is 0.0687. The summed E-state index contributed by atoms with van der Waals surface area (Å²) in [5.41, 5.74) is 0.463. The summed E-state index contributed by atoms with van der Waals surface area (Å²) < 4.78 is 10.2. The van der Waals surface area contributed by atoms with Crippen LogP contribution in [0.4, 0.5) is 0 Å². The molecule has 2 rings (SSSR count). The molecule has 0 aliphatic carbocycles. The van der Waals surface area contributed by atoms with Crippen molar-refractivity contribution >= 4 is 17.8 Å². The van der Waals surface area contributed by atoms with Crippen molar-refractivity contribution < 1.29 is 29.0 Å². The van der Waals surface area contributed by atoms with Gasteiger partial charge in [-0.3, -0.25) is 9.59 Å². The van der Waals surface area contributed by atoms with Gasteiger partial charge in [-0.2, -0.15) is 0 Å². The normalized spacial score (nSPS) is 13.8. The maximum Gasteiger partial charge on any atom is 0.337 e. The number of carbonyl (C=O) groups is 3. The average molecular weight is 348 g/mol. The van der Waals surface area contributed by atoms with E-state index in [1.165, 1.54) is 19.1 Å². The van der Waals surface area contributed by atoms with Gasteiger partial charge in [-0.25, -0.2) is 4.79 Å². The summed E-state index contributed by atoms with van der Waals surface area (Å²) in [6, 6.07) is 6.60. The molecule has 0 atom stereocenters. The Balaban J connectivity index is 1.74. The molecule has 2 amide bonds. The number of amides is 2. The van der Waals surface area contributed by atoms with E-state index < -0.39 is 23.5 Å². The Kier molecular flexibility index (Phi) is 5.99. The van der Waals surface area contributed by atoms with Crippen LogP contribution in [0.25, 0.3) is 0 Å². The fraction of sp³-hybridized carbons (Fsp3) is 0.353. The van der Waals surface area contributed by atoms with Crippen LogP contribution in [-0.4, -0.2) is 61.6 Å². The molecular weight excluding hydrogens is 328 g/mol. The number of aliphatic hydroxyl groups excluding tert-OH is 1. The highest BCUT2D eigenvalue weighted by Gasteiger charge is 2.31. The van der Waals surface area contributed by atoms with Crippen LogP contribution in [0.5, 0.6) is 5.75 Å². The first kappa shape index (κ1) is 18.3. The number of hydrogen-bond acceptors (Lipinski definition) is 6. The predicted molar refractivity (Wildman–Crippen MR) is 88.2 cm³/mol. The largest absolute Gasteiger partial charge is 0.503 e. The van der Waals surface area contributed by atoms with E-state index in [2.05, 4.69) is 10.1 Å². The number of aliphatic hydroxyl groups is 1. The van der Waals surface area contributed by atoms with Crippen LogP contribution in [0, 0.1) is 0 Å². The maximum absolute atomic E-state index is 11.9. The van der Waals surface area contributed by atoms with Gasteiger partial charge in [0.05, 0.1) is 31.4 Å². The number of esters is 1. The van der Waals surface area contributed by atoms with Gasteiger partial charge in [0.15, 0.2) is 5.76 Å². The van der Waals surface area contributed by atoms with E-state index in [0.717, 1.165) is 0 Å². The number of ether oxygens (including phenoxy) is 2. The van der Waals surface area contributed by atoms with E-state index in [9.17, 15) is 19.5 Å². The number of carbonyl (C=O) groups excluding carboxylic acids is 3. The summed E-state index contributed by atoms with van der Waals surface area (Å²) in [4.78, 5) is 36.1. The Morgan fingerprint density at radius 2 is 2.12 bits per heavy atom. The van der Waals surface area contributed by atoms with E-state index in [1.54, 1.807) is 24.3 Å². The summed E-state index contributed by atoms with van der Waals surface area (Å²) in [6.45, 7) is 0.742. The average Bonchev–Trinajstić information content (AvgIpc) is 2.88. The van der Waals surface area contributed by atoms with Gasteiger partial charge < -0.3 is 24.8 Å². The van der Waals surface area contributed by atoms with Gasteiger partial charge in [0, 0.05) is 13.6 Å². The van der Waals surface area contributed by atoms with Crippen molar-refractivity contribution in [3.8, 4) is 5.75 Å². The number of likely N-dealkylation sites (N-methyl/N-ethyl adjacent to an activating group) is 1. The number of nitrogens with zero attached hydrogens (tertiary/aromatic N) is 1. The van der Waals surface area contributed by atoms with E-state index in [1.807, 2.05) is 0 Å². The summed E-state index contributed by atoms with van der Waals surface area (Å²) >= 11 is 0. The second kappa shape index (κ2) is 8.18. The molecule has 2 N–H and O–H groups in total. The highest BCUT2D eigenvalue weighted by atomic mass is 16.5. The number of nitrogens with one attached hydrogen (secondary N) is 1. The van der Waals surface area contributed by atoms with Gasteiger partial charge in [0.1, 0.15) is 5.75 Å². The first-order chi connectivity index (χ1) is 11.9. The lowest BCUT2D eigenvalue weighted by Crippen LogP contribution is -2.29. The third-order valence-corrected chi connectivity index (χ3v) is 3.64. The monoisotopic (exact) mass is 348 g/mol. The Hall–Kier alpha value is -3.03. The summed E-state index contributed by atoms with van der Waals surface area (Å²) in [5, 5.41) is 12.2. The van der Waals surface area contributed by atoms with E-state index in [0.29, 0.717) is 30.9 Å². The lowest BCUT2D eigenvalue weighted by atomic mass is 10.2. The van der Waals surface area contributed by atoms with Crippen molar-refractivity contribution in [2.75, 3.05) is 33.9 Å². The molecule has 25 heavy (non-hydrogen) atoms. The Labute approximate surface area is 145 Å². The summed E-state index contributed by atoms with van der Waals surface area (Å²) in [6.07, 6.45) is 0.520. The Morgan fingerprint density at radius 3 is 2.76 bits per heavy atom. The van der Waals surface area contributed by atoms with Crippen molar-refractivity contribution in [1.82, 2.24) is 10.2 Å². The van der Waals surface area contributed by atoms with Gasteiger partial charge in [0.25, 0.3) is 11.8 Å². The zero-order chi connectivity index (χ0) is 18.4. The molecule has 0 fully saturated rings. The van der Waals surface area contributed by atoms with Crippen molar-refractivity contribution in [2.45, 2.75) is 6.42 Å². The maximum atomic E-state index is 11.9. The number of benzene rings is 1. The summed E-state index contributed by atoms with van der Waals surface area (Å²) in [7, 11) is 2.82. The van der Waals surface area contributed by atoms with E-state index in [4.69, 9.17) is 4.74 Å². The fourth-order valence-electron chi connectivity index (χ4n) is 2.27. The Bertz CT molecular complexity index is 713. The highest BCUT2D eigenvalue weighted by Crippen LogP contribution is 2.15. The molecule has 0 spiro atoms. The molecule has 1 aromatic carbocycles. The van der Waals surface area contributed by atoms with Crippen LogP contribution in [0.3, 0.4) is 0 Å². The van der Waals surface area contributed by atoms with Crippen LogP contribution in [0.2, 0.25) is 0 Å². The molecule has 1 aromatic rings. The molecule has 0 saturated heterocycles. The second-order valence-corrected chi connectivity index (χ2v) is 5.47. The molecule has 1 aliphatic heterocycles. The molecule has 134 valence electrons. The third-order valence-electron chi connectivity index (χ3n) is 3.64. The van der Waals surface area contributed by atoms with Crippen LogP contribution < -0.4 is 10.1 Å². The molecule has 0 saturated carbocycles. The van der Waals surface area contributed by atoms with Gasteiger partial charge in [-0.1, -0.05) is 6.07 Å². The number of hydrogen-bond donors (Lipinski definition) is 2. The molecule has 8 heteroatoms. The quantitative estimate of drug-likeness (QED) is 0.553. The Morgan fingerprint density at radius 1 is 1.36 bits per heavy atom. The molecule has 0 radical (unpaired) electrons. The van der Waals surface area contributed by atoms with Crippen molar-refractivity contribution in [3.63, 3.8) is 0 Å². The standard InChI is InChI=1S/C17H20N2O6/c1-19-10-13(14(20)16(19)22)15(21)18-7-4-8-25-12-6-3-5-11(9-12)17(23)24-2/h3,5-6,9,20H,4,7-8,10H2,1-2H3,(H,18,21). The van der Waals surface area contributed by atoms with Gasteiger partial charge in [-0.15, -0.1) is 0 Å². The van der Waals surface area contributed by atoms with Crippen LogP contribution in [0.15, 0.2) is 35.6 Å². The lowest BCUT2D eigenvalue weighted by Gasteiger charge is -2.09. The summed E-state index contributed by atoms with van der Waals surface area (Å²) in [5.74, 6) is -1.45. The highest BCUT2D eigenvalue weighted by molar-refractivity contribution is 6.06. The van der Waals surface area contributed by atoms with Crippen LogP contribution in [-0.2, 0) is 14.3 Å². The molecule has 8 nitrogen and oxygen atoms in total. The zero-order valence-corrected chi connectivity index (χ0v) is 14.1. The smallest absolute Gasteiger partial charge is 0.337 e. The van der Waals surface area contributed by atoms with Crippen molar-refractivity contribution in [1.29, 1.82) is 0 Å². The predicted octanol–water partition coefficient (Wildman–Crippen LogP) is 0.642. The topological polar surface area (TPSA) is 105 Å². The minimum atomic E-state index is -0.557. The molecule has 0 unspecified atom stereocenters. The molecular formula is C17H20N2O6. The van der Waals surface area contributed by atoms with Crippen molar-refractivity contribution in [3.05, 3.63) is 41.2 Å². The minimum Gasteiger partial charge on any atom is -0.503 e. The van der Waals surface area contributed by atoms with Crippen LogP contribution >= 0.6 is 0 Å². The van der Waals surface area contributed by atoms with Gasteiger partial charge >= 0.3 is 5.97 Å². The van der Waals surface area contributed by atoms with E-state index in [-0.39, 0.29) is 12.1 Å². The molecule has 0 aromatic heterocycles. The van der Waals surface area contributed by atoms with Gasteiger partial charge in [-0.05, 0) is 24.6 Å². The SMILES string of the molecule is COC(=O)c1cccc(OCCCNC(=O)C2=C(O)C(=O)N(C)C2)c1. The number of methoxy groups -OCH3 is 1. The van der Waals surface area contributed by atoms with Crippen molar-refractivity contribution in [2.24, 2.45) is 0 Å². The zero-order valence-electron chi connectivity index (χ0n) is 14.1.